The van der Waals surface area contributed by atoms with E-state index in [1.54, 1.807) is 30.3 Å². The van der Waals surface area contributed by atoms with E-state index in [-0.39, 0.29) is 22.7 Å². The molecular formula is C27H24N2O2. The lowest BCUT2D eigenvalue weighted by atomic mass is 9.95. The van der Waals surface area contributed by atoms with Gasteiger partial charge in [-0.25, -0.2) is 0 Å². The molecule has 0 saturated heterocycles. The summed E-state index contributed by atoms with van der Waals surface area (Å²) in [5, 5.41) is 9.81. The lowest BCUT2D eigenvalue weighted by Crippen LogP contribution is -2.21. The van der Waals surface area contributed by atoms with Crippen molar-refractivity contribution < 1.29 is 9.59 Å². The van der Waals surface area contributed by atoms with Crippen molar-refractivity contribution in [3.8, 4) is 6.07 Å². The van der Waals surface area contributed by atoms with Gasteiger partial charge in [0.25, 0.3) is 0 Å². The number of unbranched alkanes of at least 4 members (excludes halogenated alkanes) is 3. The number of allylic oxidation sites excluding steroid dienone is 5. The molecule has 1 aliphatic heterocycles. The highest BCUT2D eigenvalue weighted by atomic mass is 16.2. The van der Waals surface area contributed by atoms with Gasteiger partial charge in [0.1, 0.15) is 6.07 Å². The molecule has 0 atom stereocenters. The molecule has 4 rings (SSSR count). The number of ketones is 2. The minimum absolute atomic E-state index is 0.0379. The molecule has 4 nitrogen and oxygen atoms in total. The SMILES string of the molecule is CCCCCCN1C=C/C(=C/C(C#N)=C2C(=O)c3ccccc3C2=O)c2ccccc21. The lowest BCUT2D eigenvalue weighted by molar-refractivity contribution is 0.0988. The van der Waals surface area contributed by atoms with Crippen LogP contribution in [0.5, 0.6) is 0 Å². The van der Waals surface area contributed by atoms with Crippen LogP contribution in [0, 0.1) is 11.3 Å². The van der Waals surface area contributed by atoms with Crippen LogP contribution in [0.1, 0.15) is 58.9 Å². The molecule has 31 heavy (non-hydrogen) atoms. The predicted octanol–water partition coefficient (Wildman–Crippen LogP) is 5.88. The maximum absolute atomic E-state index is 12.8. The second-order valence-corrected chi connectivity index (χ2v) is 7.79. The first-order chi connectivity index (χ1) is 15.2. The number of rotatable bonds is 6. The Bertz CT molecular complexity index is 1140. The van der Waals surface area contributed by atoms with Gasteiger partial charge in [0.2, 0.25) is 0 Å². The van der Waals surface area contributed by atoms with Crippen LogP contribution in [-0.4, -0.2) is 18.1 Å². The second-order valence-electron chi connectivity index (χ2n) is 7.79. The number of nitrogens with zero attached hydrogens (tertiary/aromatic N) is 2. The molecule has 0 aromatic heterocycles. The third-order valence-corrected chi connectivity index (χ3v) is 5.77. The van der Waals surface area contributed by atoms with E-state index in [2.05, 4.69) is 24.0 Å². The maximum Gasteiger partial charge on any atom is 0.199 e. The van der Waals surface area contributed by atoms with Crippen LogP contribution in [0.15, 0.2) is 78.0 Å². The zero-order chi connectivity index (χ0) is 21.8. The Balaban J connectivity index is 1.70. The number of para-hydroxylation sites is 1. The smallest absolute Gasteiger partial charge is 0.199 e. The summed E-state index contributed by atoms with van der Waals surface area (Å²) in [5.74, 6) is -0.751. The van der Waals surface area contributed by atoms with E-state index in [1.807, 2.05) is 30.5 Å². The summed E-state index contributed by atoms with van der Waals surface area (Å²) in [6.45, 7) is 3.13. The van der Waals surface area contributed by atoms with Crippen LogP contribution in [0.4, 0.5) is 5.69 Å². The molecule has 154 valence electrons. The van der Waals surface area contributed by atoms with Gasteiger partial charge in [-0.1, -0.05) is 68.7 Å². The summed E-state index contributed by atoms with van der Waals surface area (Å²) < 4.78 is 0. The molecule has 1 aliphatic carbocycles. The number of carbonyl (C=O) groups excluding carboxylic acids is 2. The molecule has 0 bridgehead atoms. The topological polar surface area (TPSA) is 61.2 Å². The molecule has 2 aliphatic rings. The average molecular weight is 409 g/mol. The number of anilines is 1. The van der Waals surface area contributed by atoms with Crippen LogP contribution >= 0.6 is 0 Å². The maximum atomic E-state index is 12.8. The Morgan fingerprint density at radius 1 is 0.935 bits per heavy atom. The summed E-state index contributed by atoms with van der Waals surface area (Å²) in [6, 6.07) is 16.9. The Morgan fingerprint density at radius 2 is 1.58 bits per heavy atom. The van der Waals surface area contributed by atoms with E-state index in [0.29, 0.717) is 11.1 Å². The van der Waals surface area contributed by atoms with Crippen molar-refractivity contribution in [2.24, 2.45) is 0 Å². The minimum Gasteiger partial charge on any atom is -0.347 e. The molecule has 0 saturated carbocycles. The molecule has 0 radical (unpaired) electrons. The monoisotopic (exact) mass is 408 g/mol. The van der Waals surface area contributed by atoms with Crippen molar-refractivity contribution in [2.45, 2.75) is 32.6 Å². The fourth-order valence-electron chi connectivity index (χ4n) is 4.15. The standard InChI is InChI=1S/C27H24N2O2/c1-2-3-4-9-15-29-16-14-19(21-10-7-8-13-24(21)29)17-20(18-28)25-26(30)22-11-5-6-12-23(22)27(25)31/h5-8,10-14,16-17H,2-4,9,15H2,1H3/b19-17-. The van der Waals surface area contributed by atoms with Crippen molar-refractivity contribution in [3.05, 3.63) is 94.7 Å². The van der Waals surface area contributed by atoms with Crippen LogP contribution < -0.4 is 4.90 Å². The summed E-state index contributed by atoms with van der Waals surface area (Å²) in [7, 11) is 0. The van der Waals surface area contributed by atoms with Gasteiger partial charge in [0, 0.05) is 35.1 Å². The van der Waals surface area contributed by atoms with Crippen LogP contribution in [0.2, 0.25) is 0 Å². The number of carbonyl (C=O) groups is 2. The van der Waals surface area contributed by atoms with E-state index in [1.165, 1.54) is 19.3 Å². The van der Waals surface area contributed by atoms with Gasteiger partial charge in [0.15, 0.2) is 11.6 Å². The quantitative estimate of drug-likeness (QED) is 0.259. The van der Waals surface area contributed by atoms with E-state index in [9.17, 15) is 14.9 Å². The third-order valence-electron chi connectivity index (χ3n) is 5.77. The molecule has 2 aromatic rings. The first kappa shape index (κ1) is 20.6. The highest BCUT2D eigenvalue weighted by Gasteiger charge is 2.35. The third kappa shape index (κ3) is 3.87. The highest BCUT2D eigenvalue weighted by Crippen LogP contribution is 2.35. The summed E-state index contributed by atoms with van der Waals surface area (Å²) in [6.07, 6.45) is 10.4. The molecular weight excluding hydrogens is 384 g/mol. The first-order valence-electron chi connectivity index (χ1n) is 10.7. The molecule has 0 N–H and O–H groups in total. The van der Waals surface area contributed by atoms with Crippen molar-refractivity contribution >= 4 is 22.8 Å². The Hall–Kier alpha value is -3.71. The summed E-state index contributed by atoms with van der Waals surface area (Å²) >= 11 is 0. The number of hydrogen-bond acceptors (Lipinski definition) is 4. The zero-order valence-corrected chi connectivity index (χ0v) is 17.6. The predicted molar refractivity (Wildman–Crippen MR) is 123 cm³/mol. The van der Waals surface area contributed by atoms with Gasteiger partial charge in [-0.2, -0.15) is 5.26 Å². The number of hydrogen-bond donors (Lipinski definition) is 0. The number of fused-ring (bicyclic) bond motifs is 2. The Morgan fingerprint density at radius 3 is 2.23 bits per heavy atom. The van der Waals surface area contributed by atoms with Crippen molar-refractivity contribution in [1.29, 1.82) is 5.26 Å². The van der Waals surface area contributed by atoms with Crippen LogP contribution in [0.25, 0.3) is 5.57 Å². The number of benzene rings is 2. The molecule has 0 amide bonds. The van der Waals surface area contributed by atoms with Crippen LogP contribution in [0.3, 0.4) is 0 Å². The molecule has 0 fully saturated rings. The second kappa shape index (κ2) is 8.97. The Labute approximate surface area is 182 Å². The van der Waals surface area contributed by atoms with Crippen LogP contribution in [-0.2, 0) is 0 Å². The van der Waals surface area contributed by atoms with Gasteiger partial charge >= 0.3 is 0 Å². The fourth-order valence-corrected chi connectivity index (χ4v) is 4.15. The van der Waals surface area contributed by atoms with E-state index < -0.39 is 0 Å². The van der Waals surface area contributed by atoms with Crippen molar-refractivity contribution in [1.82, 2.24) is 0 Å². The number of Topliss-reactive ketones (excluding diaryl/α,β-unsaturated/α-hetero) is 2. The highest BCUT2D eigenvalue weighted by molar-refractivity contribution is 6.40. The van der Waals surface area contributed by atoms with Crippen molar-refractivity contribution in [2.75, 3.05) is 11.4 Å². The van der Waals surface area contributed by atoms with E-state index >= 15 is 0 Å². The molecule has 1 heterocycles. The van der Waals surface area contributed by atoms with Gasteiger partial charge in [-0.3, -0.25) is 9.59 Å². The summed E-state index contributed by atoms with van der Waals surface area (Å²) in [5.41, 5.74) is 3.69. The first-order valence-corrected chi connectivity index (χ1v) is 10.7. The van der Waals surface area contributed by atoms with E-state index in [4.69, 9.17) is 0 Å². The largest absolute Gasteiger partial charge is 0.347 e. The van der Waals surface area contributed by atoms with Crippen molar-refractivity contribution in [3.63, 3.8) is 0 Å². The number of nitriles is 1. The van der Waals surface area contributed by atoms with Gasteiger partial charge in [-0.15, -0.1) is 0 Å². The average Bonchev–Trinajstić information content (AvgIpc) is 3.06. The van der Waals surface area contributed by atoms with Gasteiger partial charge in [0.05, 0.1) is 11.1 Å². The van der Waals surface area contributed by atoms with Gasteiger partial charge < -0.3 is 4.90 Å². The normalized spacial score (nSPS) is 15.8. The molecule has 4 heteroatoms. The molecule has 0 spiro atoms. The lowest BCUT2D eigenvalue weighted by Gasteiger charge is -2.27. The zero-order valence-electron chi connectivity index (χ0n) is 17.6. The van der Waals surface area contributed by atoms with Gasteiger partial charge in [-0.05, 0) is 30.2 Å². The minimum atomic E-state index is -0.375. The van der Waals surface area contributed by atoms with E-state index in [0.717, 1.165) is 29.8 Å². The fraction of sp³-hybridized carbons (Fsp3) is 0.222. The summed E-state index contributed by atoms with van der Waals surface area (Å²) in [4.78, 5) is 27.9. The molecule has 2 aromatic carbocycles. The Kier molecular flexibility index (Phi) is 5.95. The molecule has 0 unspecified atom stereocenters.